The minimum absolute atomic E-state index is 0.133. The molecule has 2 N–H and O–H groups in total. The van der Waals surface area contributed by atoms with E-state index in [0.717, 1.165) is 12.1 Å². The van der Waals surface area contributed by atoms with E-state index in [9.17, 15) is 19.0 Å². The lowest BCUT2D eigenvalue weighted by Gasteiger charge is -2.23. The van der Waals surface area contributed by atoms with Crippen molar-refractivity contribution in [2.24, 2.45) is 0 Å². The fourth-order valence-electron chi connectivity index (χ4n) is 2.22. The highest BCUT2D eigenvalue weighted by molar-refractivity contribution is 5.43. The first-order chi connectivity index (χ1) is 11.5. The first-order valence-corrected chi connectivity index (χ1v) is 7.12. The summed E-state index contributed by atoms with van der Waals surface area (Å²) in [4.78, 5) is 0. The minimum Gasteiger partial charge on any atom is -0.493 e. The maximum Gasteiger partial charge on any atom is 0.161 e. The highest BCUT2D eigenvalue weighted by atomic mass is 19.1. The number of ether oxygens (including phenoxy) is 3. The molecule has 0 aromatic heterocycles. The van der Waals surface area contributed by atoms with Crippen LogP contribution in [0.25, 0.3) is 0 Å². The van der Waals surface area contributed by atoms with Crippen molar-refractivity contribution in [2.75, 3.05) is 20.8 Å². The van der Waals surface area contributed by atoms with Gasteiger partial charge >= 0.3 is 0 Å². The van der Waals surface area contributed by atoms with E-state index in [-0.39, 0.29) is 5.75 Å². The molecule has 0 saturated carbocycles. The monoisotopic (exact) mass is 340 g/mol. The third-order valence-corrected chi connectivity index (χ3v) is 3.40. The summed E-state index contributed by atoms with van der Waals surface area (Å²) in [5, 5.41) is 19.9. The van der Waals surface area contributed by atoms with Gasteiger partial charge < -0.3 is 24.4 Å². The Hall–Kier alpha value is -2.38. The van der Waals surface area contributed by atoms with Gasteiger partial charge in [0.1, 0.15) is 23.5 Å². The molecule has 2 aromatic carbocycles. The smallest absolute Gasteiger partial charge is 0.161 e. The van der Waals surface area contributed by atoms with Gasteiger partial charge in [-0.2, -0.15) is 0 Å². The summed E-state index contributed by atoms with van der Waals surface area (Å²) in [6.45, 7) is -0.562. The summed E-state index contributed by atoms with van der Waals surface area (Å²) in [5.74, 6) is -0.902. The highest BCUT2D eigenvalue weighted by Gasteiger charge is 2.24. The fourth-order valence-corrected chi connectivity index (χ4v) is 2.22. The van der Waals surface area contributed by atoms with E-state index in [1.165, 1.54) is 20.3 Å². The largest absolute Gasteiger partial charge is 0.493 e. The van der Waals surface area contributed by atoms with Crippen LogP contribution in [0.1, 0.15) is 11.7 Å². The van der Waals surface area contributed by atoms with Crippen LogP contribution in [0.2, 0.25) is 0 Å². The molecule has 5 nitrogen and oxygen atoms in total. The Balaban J connectivity index is 2.23. The molecule has 0 aliphatic carbocycles. The van der Waals surface area contributed by atoms with Crippen LogP contribution in [0.3, 0.4) is 0 Å². The van der Waals surface area contributed by atoms with E-state index in [2.05, 4.69) is 0 Å². The number of benzene rings is 2. The summed E-state index contributed by atoms with van der Waals surface area (Å²) >= 11 is 0. The molecule has 2 rings (SSSR count). The third-order valence-electron chi connectivity index (χ3n) is 3.40. The molecule has 0 heterocycles. The van der Waals surface area contributed by atoms with Gasteiger partial charge in [-0.15, -0.1) is 0 Å². The van der Waals surface area contributed by atoms with Gasteiger partial charge in [0.15, 0.2) is 17.6 Å². The van der Waals surface area contributed by atoms with Crippen molar-refractivity contribution < 1.29 is 33.2 Å². The minimum atomic E-state index is -1.25. The molecule has 0 fully saturated rings. The normalized spacial score (nSPS) is 13.2. The van der Waals surface area contributed by atoms with E-state index in [1.54, 1.807) is 12.1 Å². The van der Waals surface area contributed by atoms with Gasteiger partial charge in [-0.25, -0.2) is 8.78 Å². The van der Waals surface area contributed by atoms with Gasteiger partial charge in [0, 0.05) is 18.2 Å². The maximum atomic E-state index is 13.2. The summed E-state index contributed by atoms with van der Waals surface area (Å²) in [5.41, 5.74) is 0.392. The molecule has 0 saturated heterocycles. The van der Waals surface area contributed by atoms with E-state index < -0.39 is 30.4 Å². The number of aliphatic hydroxyl groups is 2. The second kappa shape index (κ2) is 7.94. The van der Waals surface area contributed by atoms with Crippen LogP contribution in [0.5, 0.6) is 17.2 Å². The Labute approximate surface area is 138 Å². The van der Waals surface area contributed by atoms with E-state index in [1.807, 2.05) is 0 Å². The number of halogens is 2. The number of rotatable bonds is 7. The first kappa shape index (κ1) is 18.0. The Kier molecular flexibility index (Phi) is 5.94. The summed E-state index contributed by atoms with van der Waals surface area (Å²) in [6, 6.07) is 7.32. The van der Waals surface area contributed by atoms with Crippen molar-refractivity contribution in [3.8, 4) is 17.2 Å². The molecule has 0 aliphatic heterocycles. The second-order valence-electron chi connectivity index (χ2n) is 5.00. The summed E-state index contributed by atoms with van der Waals surface area (Å²) in [7, 11) is 2.93. The molecule has 0 aliphatic rings. The van der Waals surface area contributed by atoms with Crippen LogP contribution in [0.15, 0.2) is 36.4 Å². The van der Waals surface area contributed by atoms with Crippen molar-refractivity contribution in [1.29, 1.82) is 0 Å². The first-order valence-electron chi connectivity index (χ1n) is 7.12. The molecule has 24 heavy (non-hydrogen) atoms. The van der Waals surface area contributed by atoms with Gasteiger partial charge in [-0.05, 0) is 17.7 Å². The molecule has 130 valence electrons. The van der Waals surface area contributed by atoms with Crippen molar-refractivity contribution in [2.45, 2.75) is 12.2 Å². The van der Waals surface area contributed by atoms with Crippen molar-refractivity contribution in [1.82, 2.24) is 0 Å². The molecular weight excluding hydrogens is 322 g/mol. The van der Waals surface area contributed by atoms with E-state index >= 15 is 0 Å². The molecule has 2 aromatic rings. The van der Waals surface area contributed by atoms with E-state index in [4.69, 9.17) is 14.2 Å². The number of hydrogen-bond acceptors (Lipinski definition) is 5. The lowest BCUT2D eigenvalue weighted by molar-refractivity contribution is 0.000354. The summed E-state index contributed by atoms with van der Waals surface area (Å²) in [6.07, 6.45) is -2.37. The zero-order valence-electron chi connectivity index (χ0n) is 13.2. The molecule has 2 atom stereocenters. The standard InChI is InChI=1S/C17H18F2O5/c1-22-14-4-3-10(5-15(14)23-2)17(21)16(9-20)24-13-7-11(18)6-12(19)8-13/h3-8,16-17,20-21H,9H2,1-2H3. The third kappa shape index (κ3) is 4.12. The average Bonchev–Trinajstić information content (AvgIpc) is 2.57. The van der Waals surface area contributed by atoms with Gasteiger partial charge in [0.25, 0.3) is 0 Å². The Morgan fingerprint density at radius 3 is 2.12 bits per heavy atom. The van der Waals surface area contributed by atoms with Crippen LogP contribution in [0, 0.1) is 11.6 Å². The molecule has 0 amide bonds. The van der Waals surface area contributed by atoms with E-state index in [0.29, 0.717) is 23.1 Å². The van der Waals surface area contributed by atoms with Crippen molar-refractivity contribution in [3.05, 3.63) is 53.6 Å². The number of methoxy groups -OCH3 is 2. The van der Waals surface area contributed by atoms with Crippen LogP contribution in [-0.4, -0.2) is 37.1 Å². The lowest BCUT2D eigenvalue weighted by Crippen LogP contribution is -2.29. The van der Waals surface area contributed by atoms with Gasteiger partial charge in [0.2, 0.25) is 0 Å². The number of hydrogen-bond donors (Lipinski definition) is 2. The van der Waals surface area contributed by atoms with Crippen LogP contribution in [0.4, 0.5) is 8.78 Å². The number of aliphatic hydroxyl groups excluding tert-OH is 2. The molecular formula is C17H18F2O5. The summed E-state index contributed by atoms with van der Waals surface area (Å²) < 4.78 is 42.0. The van der Waals surface area contributed by atoms with Crippen LogP contribution >= 0.6 is 0 Å². The molecule has 2 unspecified atom stereocenters. The molecule has 0 radical (unpaired) electrons. The van der Waals surface area contributed by atoms with Crippen LogP contribution in [-0.2, 0) is 0 Å². The van der Waals surface area contributed by atoms with Crippen LogP contribution < -0.4 is 14.2 Å². The van der Waals surface area contributed by atoms with Crippen molar-refractivity contribution >= 4 is 0 Å². The molecule has 0 spiro atoms. The molecule has 0 bridgehead atoms. The zero-order valence-corrected chi connectivity index (χ0v) is 13.2. The Morgan fingerprint density at radius 2 is 1.58 bits per heavy atom. The lowest BCUT2D eigenvalue weighted by atomic mass is 10.0. The second-order valence-corrected chi connectivity index (χ2v) is 5.00. The van der Waals surface area contributed by atoms with Gasteiger partial charge in [0.05, 0.1) is 20.8 Å². The maximum absolute atomic E-state index is 13.2. The average molecular weight is 340 g/mol. The Bertz CT molecular complexity index is 672. The quantitative estimate of drug-likeness (QED) is 0.810. The Morgan fingerprint density at radius 1 is 0.958 bits per heavy atom. The zero-order chi connectivity index (χ0) is 17.7. The highest BCUT2D eigenvalue weighted by Crippen LogP contribution is 2.32. The SMILES string of the molecule is COc1ccc(C(O)C(CO)Oc2cc(F)cc(F)c2)cc1OC. The van der Waals surface area contributed by atoms with Gasteiger partial charge in [-0.1, -0.05) is 6.07 Å². The predicted octanol–water partition coefficient (Wildman–Crippen LogP) is 2.46. The predicted molar refractivity (Wildman–Crippen MR) is 82.4 cm³/mol. The topological polar surface area (TPSA) is 68.2 Å². The fraction of sp³-hybridized carbons (Fsp3) is 0.294. The molecule has 7 heteroatoms. The van der Waals surface area contributed by atoms with Crippen molar-refractivity contribution in [3.63, 3.8) is 0 Å². The van der Waals surface area contributed by atoms with Gasteiger partial charge in [-0.3, -0.25) is 0 Å².